The second-order valence-corrected chi connectivity index (χ2v) is 5.15. The Balaban J connectivity index is 1.81. The zero-order valence-corrected chi connectivity index (χ0v) is 10.6. The van der Waals surface area contributed by atoms with Crippen LogP contribution in [0.25, 0.3) is 11.0 Å². The van der Waals surface area contributed by atoms with Crippen molar-refractivity contribution >= 4 is 11.0 Å². The number of benzene rings is 1. The molecule has 0 spiro atoms. The summed E-state index contributed by atoms with van der Waals surface area (Å²) in [7, 11) is 0. The summed E-state index contributed by atoms with van der Waals surface area (Å²) in [5.41, 5.74) is 1.83. The van der Waals surface area contributed by atoms with Crippen molar-refractivity contribution in [2.75, 3.05) is 0 Å². The smallest absolute Gasteiger partial charge is 0.134 e. The molecule has 0 aliphatic heterocycles. The van der Waals surface area contributed by atoms with Crippen LogP contribution in [-0.2, 0) is 6.54 Å². The number of furan rings is 1. The molecule has 3 heteroatoms. The van der Waals surface area contributed by atoms with Crippen LogP contribution in [-0.4, -0.2) is 6.04 Å². The zero-order valence-electron chi connectivity index (χ0n) is 10.6. The zero-order chi connectivity index (χ0) is 12.5. The van der Waals surface area contributed by atoms with Crippen LogP contribution >= 0.6 is 0 Å². The molecule has 1 heterocycles. The lowest BCUT2D eigenvalue weighted by Crippen LogP contribution is -2.25. The van der Waals surface area contributed by atoms with Gasteiger partial charge in [0.25, 0.3) is 0 Å². The molecule has 1 aliphatic carbocycles. The van der Waals surface area contributed by atoms with Gasteiger partial charge in [-0.15, -0.1) is 0 Å². The maximum Gasteiger partial charge on any atom is 0.134 e. The summed E-state index contributed by atoms with van der Waals surface area (Å²) in [6, 6.07) is 5.32. The molecule has 1 aliphatic rings. The lowest BCUT2D eigenvalue weighted by atomic mass is 10.1. The minimum Gasteiger partial charge on any atom is -0.459 e. The molecule has 0 radical (unpaired) electrons. The molecule has 1 fully saturated rings. The minimum absolute atomic E-state index is 0.207. The van der Waals surface area contributed by atoms with Crippen LogP contribution in [0.2, 0.25) is 0 Å². The van der Waals surface area contributed by atoms with E-state index in [1.54, 1.807) is 12.1 Å². The molecule has 18 heavy (non-hydrogen) atoms. The number of hydrogen-bond acceptors (Lipinski definition) is 2. The van der Waals surface area contributed by atoms with Crippen LogP contribution in [0.1, 0.15) is 37.0 Å². The maximum atomic E-state index is 13.2. The highest BCUT2D eigenvalue weighted by atomic mass is 19.1. The topological polar surface area (TPSA) is 25.2 Å². The molecule has 2 aromatic rings. The summed E-state index contributed by atoms with van der Waals surface area (Å²) >= 11 is 0. The Morgan fingerprint density at radius 2 is 2.11 bits per heavy atom. The number of halogens is 1. The average Bonchev–Trinajstić information content (AvgIpc) is 2.97. The van der Waals surface area contributed by atoms with E-state index in [4.69, 9.17) is 4.42 Å². The number of nitrogens with one attached hydrogen (secondary N) is 1. The van der Waals surface area contributed by atoms with Crippen molar-refractivity contribution in [3.63, 3.8) is 0 Å². The van der Waals surface area contributed by atoms with Gasteiger partial charge in [0.05, 0.1) is 6.54 Å². The van der Waals surface area contributed by atoms with E-state index in [0.29, 0.717) is 6.04 Å². The number of rotatable bonds is 3. The fourth-order valence-corrected chi connectivity index (χ4v) is 2.78. The Kier molecular flexibility index (Phi) is 3.08. The van der Waals surface area contributed by atoms with Gasteiger partial charge < -0.3 is 9.73 Å². The van der Waals surface area contributed by atoms with Crippen molar-refractivity contribution in [2.24, 2.45) is 0 Å². The normalized spacial score (nSPS) is 16.8. The standard InChI is InChI=1S/C15H18FNO/c1-10-13-8-11(16)6-7-14(13)18-15(10)9-17-12-4-2-3-5-12/h6-8,12,17H,2-5,9H2,1H3. The van der Waals surface area contributed by atoms with Gasteiger partial charge in [0.15, 0.2) is 0 Å². The predicted octanol–water partition coefficient (Wildman–Crippen LogP) is 3.91. The van der Waals surface area contributed by atoms with Crippen molar-refractivity contribution in [3.05, 3.63) is 35.3 Å². The van der Waals surface area contributed by atoms with Crippen molar-refractivity contribution in [3.8, 4) is 0 Å². The summed E-state index contributed by atoms with van der Waals surface area (Å²) in [6.45, 7) is 2.74. The second kappa shape index (κ2) is 4.73. The third-order valence-corrected chi connectivity index (χ3v) is 3.90. The van der Waals surface area contributed by atoms with E-state index in [9.17, 15) is 4.39 Å². The lowest BCUT2D eigenvalue weighted by molar-refractivity contribution is 0.460. The monoisotopic (exact) mass is 247 g/mol. The summed E-state index contributed by atoms with van der Waals surface area (Å²) < 4.78 is 19.0. The fourth-order valence-electron chi connectivity index (χ4n) is 2.78. The van der Waals surface area contributed by atoms with Gasteiger partial charge in [-0.25, -0.2) is 4.39 Å². The Morgan fingerprint density at radius 1 is 1.33 bits per heavy atom. The molecule has 1 saturated carbocycles. The molecule has 0 amide bonds. The van der Waals surface area contributed by atoms with Gasteiger partial charge >= 0.3 is 0 Å². The number of aryl methyl sites for hydroxylation is 1. The molecule has 0 bridgehead atoms. The van der Waals surface area contributed by atoms with Crippen molar-refractivity contribution in [1.29, 1.82) is 0 Å². The van der Waals surface area contributed by atoms with Crippen molar-refractivity contribution in [2.45, 2.75) is 45.2 Å². The molecule has 0 unspecified atom stereocenters. The second-order valence-electron chi connectivity index (χ2n) is 5.15. The molecule has 1 aromatic carbocycles. The summed E-state index contributed by atoms with van der Waals surface area (Å²) in [5, 5.41) is 4.41. The first kappa shape index (κ1) is 11.7. The molecule has 1 aromatic heterocycles. The highest BCUT2D eigenvalue weighted by Crippen LogP contribution is 2.26. The first-order valence-corrected chi connectivity index (χ1v) is 6.65. The summed E-state index contributed by atoms with van der Waals surface area (Å²) in [4.78, 5) is 0. The highest BCUT2D eigenvalue weighted by Gasteiger charge is 2.16. The van der Waals surface area contributed by atoms with Gasteiger partial charge in [-0.05, 0) is 43.5 Å². The quantitative estimate of drug-likeness (QED) is 0.889. The van der Waals surface area contributed by atoms with Crippen LogP contribution in [0.4, 0.5) is 4.39 Å². The SMILES string of the molecule is Cc1c(CNC2CCCC2)oc2ccc(F)cc12. The van der Waals surface area contributed by atoms with Crippen LogP contribution in [0, 0.1) is 12.7 Å². The van der Waals surface area contributed by atoms with E-state index < -0.39 is 0 Å². The Morgan fingerprint density at radius 3 is 2.89 bits per heavy atom. The first-order chi connectivity index (χ1) is 8.74. The molecular weight excluding hydrogens is 229 g/mol. The molecule has 2 nitrogen and oxygen atoms in total. The van der Waals surface area contributed by atoms with Crippen LogP contribution < -0.4 is 5.32 Å². The van der Waals surface area contributed by atoms with E-state index in [0.717, 1.165) is 28.8 Å². The molecule has 0 saturated heterocycles. The number of hydrogen-bond donors (Lipinski definition) is 1. The van der Waals surface area contributed by atoms with Gasteiger partial charge in [0.2, 0.25) is 0 Å². The molecule has 3 rings (SSSR count). The Bertz CT molecular complexity index is 555. The molecule has 96 valence electrons. The van der Waals surface area contributed by atoms with Gasteiger partial charge in [0.1, 0.15) is 17.2 Å². The molecule has 1 N–H and O–H groups in total. The summed E-state index contributed by atoms with van der Waals surface area (Å²) in [5.74, 6) is 0.726. The van der Waals surface area contributed by atoms with Crippen LogP contribution in [0.3, 0.4) is 0 Å². The third-order valence-electron chi connectivity index (χ3n) is 3.90. The molecular formula is C15H18FNO. The summed E-state index contributed by atoms with van der Waals surface area (Å²) in [6.07, 6.45) is 5.16. The van der Waals surface area contributed by atoms with Crippen molar-refractivity contribution < 1.29 is 8.81 Å². The lowest BCUT2D eigenvalue weighted by Gasteiger charge is -2.10. The number of fused-ring (bicyclic) bond motifs is 1. The van der Waals surface area contributed by atoms with E-state index in [1.165, 1.54) is 31.7 Å². The van der Waals surface area contributed by atoms with E-state index in [-0.39, 0.29) is 5.82 Å². The maximum absolute atomic E-state index is 13.2. The Hall–Kier alpha value is -1.35. The predicted molar refractivity (Wildman–Crippen MR) is 70.0 cm³/mol. The van der Waals surface area contributed by atoms with Crippen LogP contribution in [0.5, 0.6) is 0 Å². The van der Waals surface area contributed by atoms with Gasteiger partial charge in [0, 0.05) is 11.4 Å². The van der Waals surface area contributed by atoms with E-state index in [1.807, 2.05) is 6.92 Å². The minimum atomic E-state index is -0.207. The fraction of sp³-hybridized carbons (Fsp3) is 0.467. The third kappa shape index (κ3) is 2.15. The van der Waals surface area contributed by atoms with Gasteiger partial charge in [-0.2, -0.15) is 0 Å². The first-order valence-electron chi connectivity index (χ1n) is 6.65. The average molecular weight is 247 g/mol. The van der Waals surface area contributed by atoms with Gasteiger partial charge in [-0.3, -0.25) is 0 Å². The largest absolute Gasteiger partial charge is 0.459 e. The van der Waals surface area contributed by atoms with E-state index >= 15 is 0 Å². The van der Waals surface area contributed by atoms with Gasteiger partial charge in [-0.1, -0.05) is 12.8 Å². The van der Waals surface area contributed by atoms with Crippen molar-refractivity contribution in [1.82, 2.24) is 5.32 Å². The Labute approximate surface area is 106 Å². The highest BCUT2D eigenvalue weighted by molar-refractivity contribution is 5.82. The van der Waals surface area contributed by atoms with E-state index in [2.05, 4.69) is 5.32 Å². The van der Waals surface area contributed by atoms with Crippen LogP contribution in [0.15, 0.2) is 22.6 Å². The molecule has 0 atom stereocenters.